The topological polar surface area (TPSA) is 24.9 Å². The van der Waals surface area contributed by atoms with E-state index in [0.717, 1.165) is 16.7 Å². The lowest BCUT2D eigenvalue weighted by molar-refractivity contribution is 0.615. The molecule has 0 bridgehead atoms. The van der Waals surface area contributed by atoms with E-state index < -0.39 is 0 Å². The summed E-state index contributed by atoms with van der Waals surface area (Å²) in [5.41, 5.74) is 2.39. The minimum absolute atomic E-state index is 0.194. The van der Waals surface area contributed by atoms with Crippen LogP contribution < -0.4 is 5.32 Å². The zero-order valence-electron chi connectivity index (χ0n) is 9.90. The summed E-state index contributed by atoms with van der Waals surface area (Å²) in [5, 5.41) is 5.62. The Balaban J connectivity index is 2.35. The van der Waals surface area contributed by atoms with Gasteiger partial charge in [0, 0.05) is 15.5 Å². The molecule has 1 atom stereocenters. The van der Waals surface area contributed by atoms with E-state index in [0.29, 0.717) is 0 Å². The highest BCUT2D eigenvalue weighted by Crippen LogP contribution is 2.27. The van der Waals surface area contributed by atoms with Crippen molar-refractivity contribution in [3.8, 4) is 0 Å². The molecule has 0 aromatic carbocycles. The van der Waals surface area contributed by atoms with Gasteiger partial charge in [0.2, 0.25) is 0 Å². The van der Waals surface area contributed by atoms with Crippen LogP contribution in [-0.4, -0.2) is 11.5 Å². The van der Waals surface area contributed by atoms with Crippen LogP contribution >= 0.6 is 27.3 Å². The molecule has 0 amide bonds. The first-order valence-corrected chi connectivity index (χ1v) is 7.28. The molecular weight excluding hydrogens is 296 g/mol. The van der Waals surface area contributed by atoms with E-state index in [1.807, 2.05) is 12.3 Å². The summed E-state index contributed by atoms with van der Waals surface area (Å²) in [6, 6.07) is 6.47. The molecule has 1 unspecified atom stereocenters. The molecule has 17 heavy (non-hydrogen) atoms. The molecule has 0 aliphatic carbocycles. The number of nitrogens with one attached hydrogen (secondary N) is 1. The van der Waals surface area contributed by atoms with Gasteiger partial charge in [-0.25, -0.2) is 0 Å². The molecule has 0 saturated carbocycles. The molecule has 4 heteroatoms. The second-order valence-corrected chi connectivity index (χ2v) is 5.86. The lowest BCUT2D eigenvalue weighted by Gasteiger charge is -2.17. The van der Waals surface area contributed by atoms with Gasteiger partial charge in [0.25, 0.3) is 0 Å². The van der Waals surface area contributed by atoms with Gasteiger partial charge in [0.05, 0.1) is 11.7 Å². The molecular formula is C13H15BrN2S. The smallest absolute Gasteiger partial charge is 0.0762 e. The van der Waals surface area contributed by atoms with Crippen LogP contribution in [0, 0.1) is 6.92 Å². The second-order valence-electron chi connectivity index (χ2n) is 3.82. The van der Waals surface area contributed by atoms with Crippen LogP contribution in [0.25, 0.3) is 0 Å². The van der Waals surface area contributed by atoms with Crippen LogP contribution in [0.5, 0.6) is 0 Å². The normalized spacial score (nSPS) is 12.6. The van der Waals surface area contributed by atoms with Crippen LogP contribution in [0.3, 0.4) is 0 Å². The average molecular weight is 311 g/mol. The number of aromatic nitrogens is 1. The Labute approximate surface area is 114 Å². The van der Waals surface area contributed by atoms with Crippen molar-refractivity contribution < 1.29 is 0 Å². The Morgan fingerprint density at radius 3 is 2.76 bits per heavy atom. The number of hydrogen-bond acceptors (Lipinski definition) is 3. The van der Waals surface area contributed by atoms with Crippen LogP contribution in [-0.2, 0) is 0 Å². The van der Waals surface area contributed by atoms with Gasteiger partial charge in [-0.1, -0.05) is 6.92 Å². The summed E-state index contributed by atoms with van der Waals surface area (Å²) >= 11 is 5.20. The van der Waals surface area contributed by atoms with Gasteiger partial charge in [-0.15, -0.1) is 11.3 Å². The minimum atomic E-state index is 0.194. The van der Waals surface area contributed by atoms with Gasteiger partial charge in [-0.3, -0.25) is 4.98 Å². The lowest BCUT2D eigenvalue weighted by Crippen LogP contribution is -2.23. The summed E-state index contributed by atoms with van der Waals surface area (Å²) in [6.07, 6.45) is 1.85. The SMILES string of the molecule is CCNC(c1ccc(Br)cn1)c1ccsc1C. The Morgan fingerprint density at radius 1 is 1.41 bits per heavy atom. The molecule has 0 fully saturated rings. The summed E-state index contributed by atoms with van der Waals surface area (Å²) in [4.78, 5) is 5.84. The number of pyridine rings is 1. The number of halogens is 1. The first-order valence-electron chi connectivity index (χ1n) is 5.61. The van der Waals surface area contributed by atoms with Crippen LogP contribution in [0.15, 0.2) is 34.2 Å². The molecule has 0 aliphatic rings. The largest absolute Gasteiger partial charge is 0.305 e. The summed E-state index contributed by atoms with van der Waals surface area (Å²) in [7, 11) is 0. The van der Waals surface area contributed by atoms with Gasteiger partial charge in [-0.05, 0) is 58.5 Å². The van der Waals surface area contributed by atoms with E-state index in [1.54, 1.807) is 11.3 Å². The number of rotatable bonds is 4. The highest BCUT2D eigenvalue weighted by molar-refractivity contribution is 9.10. The monoisotopic (exact) mass is 310 g/mol. The first kappa shape index (κ1) is 12.7. The molecule has 2 heterocycles. The van der Waals surface area contributed by atoms with Gasteiger partial charge in [0.1, 0.15) is 0 Å². The van der Waals surface area contributed by atoms with Crippen molar-refractivity contribution in [3.05, 3.63) is 50.4 Å². The van der Waals surface area contributed by atoms with E-state index in [9.17, 15) is 0 Å². The van der Waals surface area contributed by atoms with Crippen LogP contribution in [0.1, 0.15) is 29.1 Å². The molecule has 1 N–H and O–H groups in total. The van der Waals surface area contributed by atoms with Crippen LogP contribution in [0.4, 0.5) is 0 Å². The quantitative estimate of drug-likeness (QED) is 0.926. The fraction of sp³-hybridized carbons (Fsp3) is 0.308. The van der Waals surface area contributed by atoms with Crippen LogP contribution in [0.2, 0.25) is 0 Å². The van der Waals surface area contributed by atoms with E-state index in [2.05, 4.69) is 57.6 Å². The molecule has 2 aromatic heterocycles. The van der Waals surface area contributed by atoms with Gasteiger partial charge >= 0.3 is 0 Å². The first-order chi connectivity index (χ1) is 8.22. The van der Waals surface area contributed by atoms with Gasteiger partial charge in [-0.2, -0.15) is 0 Å². The van der Waals surface area contributed by atoms with E-state index in [-0.39, 0.29) is 6.04 Å². The third-order valence-corrected chi connectivity index (χ3v) is 3.99. The van der Waals surface area contributed by atoms with Crippen molar-refractivity contribution >= 4 is 27.3 Å². The highest BCUT2D eigenvalue weighted by atomic mass is 79.9. The predicted octanol–water partition coefficient (Wildman–Crippen LogP) is 3.91. The number of hydrogen-bond donors (Lipinski definition) is 1. The number of thiophene rings is 1. The second kappa shape index (κ2) is 5.76. The summed E-state index contributed by atoms with van der Waals surface area (Å²) < 4.78 is 1.01. The number of aryl methyl sites for hydroxylation is 1. The molecule has 90 valence electrons. The Bertz CT molecular complexity index is 478. The molecule has 2 nitrogen and oxygen atoms in total. The molecule has 2 aromatic rings. The molecule has 0 spiro atoms. The summed E-state index contributed by atoms with van der Waals surface area (Å²) in [5.74, 6) is 0. The maximum Gasteiger partial charge on any atom is 0.0762 e. The zero-order chi connectivity index (χ0) is 12.3. The molecule has 2 rings (SSSR count). The molecule has 0 saturated heterocycles. The predicted molar refractivity (Wildman–Crippen MR) is 76.5 cm³/mol. The van der Waals surface area contributed by atoms with E-state index >= 15 is 0 Å². The summed E-state index contributed by atoms with van der Waals surface area (Å²) in [6.45, 7) is 5.20. The Morgan fingerprint density at radius 2 is 2.24 bits per heavy atom. The maximum atomic E-state index is 4.49. The van der Waals surface area contributed by atoms with Crippen molar-refractivity contribution in [2.24, 2.45) is 0 Å². The Kier molecular flexibility index (Phi) is 4.31. The van der Waals surface area contributed by atoms with Crippen molar-refractivity contribution in [2.75, 3.05) is 6.54 Å². The average Bonchev–Trinajstić information content (AvgIpc) is 2.74. The van der Waals surface area contributed by atoms with Crippen molar-refractivity contribution in [3.63, 3.8) is 0 Å². The lowest BCUT2D eigenvalue weighted by atomic mass is 10.0. The highest BCUT2D eigenvalue weighted by Gasteiger charge is 2.16. The minimum Gasteiger partial charge on any atom is -0.305 e. The standard InChI is InChI=1S/C13H15BrN2S/c1-3-15-13(11-6-7-17-9(11)2)12-5-4-10(14)8-16-12/h4-8,13,15H,3H2,1-2H3. The van der Waals surface area contributed by atoms with Crippen molar-refractivity contribution in [1.82, 2.24) is 10.3 Å². The maximum absolute atomic E-state index is 4.49. The third-order valence-electron chi connectivity index (χ3n) is 2.66. The zero-order valence-corrected chi connectivity index (χ0v) is 12.3. The molecule has 0 aliphatic heterocycles. The van der Waals surface area contributed by atoms with Crippen molar-refractivity contribution in [2.45, 2.75) is 19.9 Å². The van der Waals surface area contributed by atoms with Gasteiger partial charge < -0.3 is 5.32 Å². The molecule has 0 radical (unpaired) electrons. The van der Waals surface area contributed by atoms with E-state index in [4.69, 9.17) is 0 Å². The van der Waals surface area contributed by atoms with Gasteiger partial charge in [0.15, 0.2) is 0 Å². The third kappa shape index (κ3) is 2.94. The van der Waals surface area contributed by atoms with E-state index in [1.165, 1.54) is 10.4 Å². The van der Waals surface area contributed by atoms with Crippen molar-refractivity contribution in [1.29, 1.82) is 0 Å². The number of nitrogens with zero attached hydrogens (tertiary/aromatic N) is 1. The fourth-order valence-electron chi connectivity index (χ4n) is 1.83. The Hall–Kier alpha value is -0.710. The fourth-order valence-corrected chi connectivity index (χ4v) is 2.81.